The fourth-order valence-electron chi connectivity index (χ4n) is 0.650. The number of benzene rings is 1. The zero-order chi connectivity index (χ0) is 7.56. The summed E-state index contributed by atoms with van der Waals surface area (Å²) in [6.07, 6.45) is 0. The van der Waals surface area contributed by atoms with Gasteiger partial charge in [0.15, 0.2) is 0 Å². The average molecular weight is 252 g/mol. The molecule has 0 spiro atoms. The van der Waals surface area contributed by atoms with Crippen LogP contribution in [0.1, 0.15) is 5.56 Å². The van der Waals surface area contributed by atoms with Crippen LogP contribution in [0.3, 0.4) is 0 Å². The van der Waals surface area contributed by atoms with Crippen LogP contribution in [0.4, 0.5) is 4.39 Å². The van der Waals surface area contributed by atoms with Crippen LogP contribution in [0, 0.1) is 9.39 Å². The molecule has 1 nitrogen and oxygen atoms in total. The van der Waals surface area contributed by atoms with Crippen LogP contribution in [0.5, 0.6) is 0 Å². The molecule has 54 valence electrons. The molecule has 0 bridgehead atoms. The second-order valence-electron chi connectivity index (χ2n) is 1.89. The molecule has 0 amide bonds. The van der Waals surface area contributed by atoms with Crippen LogP contribution in [-0.4, -0.2) is 5.11 Å². The first-order valence-corrected chi connectivity index (χ1v) is 3.86. The van der Waals surface area contributed by atoms with Gasteiger partial charge in [0.05, 0.1) is 6.61 Å². The monoisotopic (exact) mass is 252 g/mol. The number of rotatable bonds is 1. The maximum atomic E-state index is 12.7. The highest BCUT2D eigenvalue weighted by atomic mass is 127. The maximum Gasteiger partial charge on any atom is 0.129 e. The third kappa shape index (κ3) is 1.67. The third-order valence-corrected chi connectivity index (χ3v) is 1.86. The molecule has 1 aromatic rings. The smallest absolute Gasteiger partial charge is 0.129 e. The molecule has 3 heteroatoms. The molecule has 0 aromatic heterocycles. The predicted octanol–water partition coefficient (Wildman–Crippen LogP) is 1.92. The van der Waals surface area contributed by atoms with E-state index in [1.54, 1.807) is 12.1 Å². The molecular weight excluding hydrogens is 246 g/mol. The van der Waals surface area contributed by atoms with Gasteiger partial charge < -0.3 is 5.11 Å². The summed E-state index contributed by atoms with van der Waals surface area (Å²) < 4.78 is 13.5. The van der Waals surface area contributed by atoms with E-state index in [-0.39, 0.29) is 12.4 Å². The van der Waals surface area contributed by atoms with Crippen molar-refractivity contribution in [3.05, 3.63) is 33.1 Å². The van der Waals surface area contributed by atoms with E-state index < -0.39 is 0 Å². The molecule has 0 aliphatic rings. The van der Waals surface area contributed by atoms with Gasteiger partial charge in [-0.2, -0.15) is 0 Å². The third-order valence-electron chi connectivity index (χ3n) is 1.19. The van der Waals surface area contributed by atoms with E-state index in [1.165, 1.54) is 6.07 Å². The van der Waals surface area contributed by atoms with Crippen LogP contribution < -0.4 is 0 Å². The largest absolute Gasteiger partial charge is 0.392 e. The van der Waals surface area contributed by atoms with Gasteiger partial charge in [0.2, 0.25) is 0 Å². The first-order chi connectivity index (χ1) is 4.74. The van der Waals surface area contributed by atoms with Crippen molar-refractivity contribution in [2.45, 2.75) is 6.61 Å². The van der Waals surface area contributed by atoms with E-state index in [9.17, 15) is 4.39 Å². The molecule has 0 unspecified atom stereocenters. The molecule has 0 radical (unpaired) electrons. The van der Waals surface area contributed by atoms with Crippen LogP contribution in [0.2, 0.25) is 0 Å². The van der Waals surface area contributed by atoms with Crippen molar-refractivity contribution in [1.82, 2.24) is 0 Å². The summed E-state index contributed by atoms with van der Waals surface area (Å²) in [5.41, 5.74) is 0.348. The summed E-state index contributed by atoms with van der Waals surface area (Å²) in [5, 5.41) is 8.57. The summed E-state index contributed by atoms with van der Waals surface area (Å²) >= 11 is 2.02. The van der Waals surface area contributed by atoms with Crippen LogP contribution >= 0.6 is 22.6 Å². The number of aliphatic hydroxyl groups is 1. The normalized spacial score (nSPS) is 9.90. The molecule has 0 saturated heterocycles. The van der Waals surface area contributed by atoms with Gasteiger partial charge in [-0.3, -0.25) is 0 Å². The molecule has 0 aliphatic carbocycles. The van der Waals surface area contributed by atoms with Crippen LogP contribution in [0.25, 0.3) is 0 Å². The lowest BCUT2D eigenvalue weighted by atomic mass is 10.2. The predicted molar refractivity (Wildman–Crippen MR) is 45.0 cm³/mol. The topological polar surface area (TPSA) is 20.2 Å². The van der Waals surface area contributed by atoms with Crippen molar-refractivity contribution >= 4 is 22.6 Å². The molecule has 1 N–H and O–H groups in total. The molecule has 0 saturated carbocycles. The molecule has 0 atom stereocenters. The van der Waals surface area contributed by atoms with Crippen molar-refractivity contribution in [2.24, 2.45) is 0 Å². The Bertz CT molecular complexity index is 237. The summed E-state index contributed by atoms with van der Waals surface area (Å²) in [5.74, 6) is -0.339. The summed E-state index contributed by atoms with van der Waals surface area (Å²) in [4.78, 5) is 0. The van der Waals surface area contributed by atoms with Gasteiger partial charge >= 0.3 is 0 Å². The molecule has 0 heterocycles. The number of hydrogen-bond acceptors (Lipinski definition) is 1. The Labute approximate surface area is 72.0 Å². The summed E-state index contributed by atoms with van der Waals surface area (Å²) in [6.45, 7) is -0.233. The van der Waals surface area contributed by atoms with Gasteiger partial charge in [0.25, 0.3) is 0 Å². The van der Waals surface area contributed by atoms with Gasteiger partial charge in [0, 0.05) is 9.13 Å². The lowest BCUT2D eigenvalue weighted by molar-refractivity contribution is 0.275. The van der Waals surface area contributed by atoms with Crippen molar-refractivity contribution in [3.8, 4) is 0 Å². The highest BCUT2D eigenvalue weighted by Crippen LogP contribution is 2.11. The van der Waals surface area contributed by atoms with E-state index in [1.807, 2.05) is 22.6 Å². The van der Waals surface area contributed by atoms with Gasteiger partial charge in [-0.25, -0.2) is 4.39 Å². The fraction of sp³-hybridized carbons (Fsp3) is 0.143. The summed E-state index contributed by atoms with van der Waals surface area (Å²) in [7, 11) is 0. The number of halogens is 2. The molecule has 0 aliphatic heterocycles. The average Bonchev–Trinajstić information content (AvgIpc) is 1.88. The first-order valence-electron chi connectivity index (χ1n) is 2.79. The number of aliphatic hydroxyl groups excluding tert-OH is 1. The van der Waals surface area contributed by atoms with Gasteiger partial charge in [-0.05, 0) is 34.7 Å². The van der Waals surface area contributed by atoms with Crippen LogP contribution in [0.15, 0.2) is 18.2 Å². The Morgan fingerprint density at radius 2 is 2.20 bits per heavy atom. The van der Waals surface area contributed by atoms with E-state index in [0.717, 1.165) is 3.57 Å². The van der Waals surface area contributed by atoms with E-state index in [4.69, 9.17) is 5.11 Å². The minimum Gasteiger partial charge on any atom is -0.392 e. The van der Waals surface area contributed by atoms with Gasteiger partial charge in [-0.1, -0.05) is 6.07 Å². The van der Waals surface area contributed by atoms with Crippen molar-refractivity contribution in [3.63, 3.8) is 0 Å². The molecular formula is C7H6FIO. The SMILES string of the molecule is OCc1ccc(I)cc1F. The highest BCUT2D eigenvalue weighted by molar-refractivity contribution is 14.1. The van der Waals surface area contributed by atoms with Gasteiger partial charge in [-0.15, -0.1) is 0 Å². The maximum absolute atomic E-state index is 12.7. The molecule has 10 heavy (non-hydrogen) atoms. The van der Waals surface area contributed by atoms with Gasteiger partial charge in [0.1, 0.15) is 5.82 Å². The molecule has 1 aromatic carbocycles. The van der Waals surface area contributed by atoms with E-state index >= 15 is 0 Å². The summed E-state index contributed by atoms with van der Waals surface area (Å²) in [6, 6.07) is 4.73. The second kappa shape index (κ2) is 3.30. The van der Waals surface area contributed by atoms with Crippen molar-refractivity contribution < 1.29 is 9.50 Å². The van der Waals surface area contributed by atoms with Crippen LogP contribution in [-0.2, 0) is 6.61 Å². The lowest BCUT2D eigenvalue weighted by Crippen LogP contribution is -1.88. The number of hydrogen-bond donors (Lipinski definition) is 1. The molecule has 1 rings (SSSR count). The standard InChI is InChI=1S/C7H6FIO/c8-7-3-6(9)2-1-5(7)4-10/h1-3,10H,4H2. The first kappa shape index (κ1) is 7.94. The fourth-order valence-corrected chi connectivity index (χ4v) is 1.10. The minimum absolute atomic E-state index is 0.233. The Morgan fingerprint density at radius 1 is 1.50 bits per heavy atom. The minimum atomic E-state index is -0.339. The Hall–Kier alpha value is -0.160. The Kier molecular flexibility index (Phi) is 2.62. The van der Waals surface area contributed by atoms with Crippen molar-refractivity contribution in [2.75, 3.05) is 0 Å². The zero-order valence-corrected chi connectivity index (χ0v) is 7.30. The Morgan fingerprint density at radius 3 is 2.70 bits per heavy atom. The zero-order valence-electron chi connectivity index (χ0n) is 5.14. The Balaban J connectivity index is 3.07. The van der Waals surface area contributed by atoms with Crippen molar-refractivity contribution in [1.29, 1.82) is 0 Å². The highest BCUT2D eigenvalue weighted by Gasteiger charge is 1.98. The van der Waals surface area contributed by atoms with E-state index in [2.05, 4.69) is 0 Å². The second-order valence-corrected chi connectivity index (χ2v) is 3.14. The molecule has 0 fully saturated rings. The van der Waals surface area contributed by atoms with E-state index in [0.29, 0.717) is 5.56 Å². The lowest BCUT2D eigenvalue weighted by Gasteiger charge is -1.97. The quantitative estimate of drug-likeness (QED) is 0.757.